The van der Waals surface area contributed by atoms with Gasteiger partial charge in [0, 0.05) is 11.3 Å². The monoisotopic (exact) mass is 192 g/mol. The SMILES string of the molecule is CS(=O)(=O)C1=CCCC(Cl)=C1. The molecule has 0 fully saturated rings. The standard InChI is InChI=1S/C7H9ClO2S/c1-11(9,10)7-4-2-3-6(8)5-7/h4-5H,2-3H2,1H3. The van der Waals surface area contributed by atoms with Crippen molar-refractivity contribution in [2.75, 3.05) is 6.26 Å². The molecule has 62 valence electrons. The lowest BCUT2D eigenvalue weighted by Crippen LogP contribution is -2.01. The first-order valence-corrected chi connectivity index (χ1v) is 5.53. The van der Waals surface area contributed by atoms with Gasteiger partial charge in [-0.05, 0) is 18.9 Å². The smallest absolute Gasteiger partial charge is 0.175 e. The predicted octanol–water partition coefficient (Wildman–Crippen LogP) is 1.83. The van der Waals surface area contributed by atoms with Gasteiger partial charge in [-0.15, -0.1) is 0 Å². The number of sulfone groups is 1. The summed E-state index contributed by atoms with van der Waals surface area (Å²) in [6, 6.07) is 0. The van der Waals surface area contributed by atoms with Crippen LogP contribution in [0.15, 0.2) is 22.1 Å². The summed E-state index contributed by atoms with van der Waals surface area (Å²) >= 11 is 5.67. The highest BCUT2D eigenvalue weighted by molar-refractivity contribution is 7.94. The summed E-state index contributed by atoms with van der Waals surface area (Å²) in [5, 5.41) is 0.618. The maximum absolute atomic E-state index is 11.0. The predicted molar refractivity (Wildman–Crippen MR) is 46.1 cm³/mol. The summed E-state index contributed by atoms with van der Waals surface area (Å²) < 4.78 is 21.9. The Balaban J connectivity index is 3.01. The van der Waals surface area contributed by atoms with Gasteiger partial charge in [0.1, 0.15) is 0 Å². The fourth-order valence-corrected chi connectivity index (χ4v) is 1.96. The summed E-state index contributed by atoms with van der Waals surface area (Å²) in [5.41, 5.74) is 0. The normalized spacial score (nSPS) is 19.1. The van der Waals surface area contributed by atoms with Crippen LogP contribution in [-0.2, 0) is 9.84 Å². The highest BCUT2D eigenvalue weighted by atomic mass is 35.5. The van der Waals surface area contributed by atoms with Gasteiger partial charge in [0.25, 0.3) is 0 Å². The lowest BCUT2D eigenvalue weighted by Gasteiger charge is -2.06. The molecule has 0 aliphatic heterocycles. The molecular weight excluding hydrogens is 184 g/mol. The van der Waals surface area contributed by atoms with Crippen molar-refractivity contribution in [1.29, 1.82) is 0 Å². The van der Waals surface area contributed by atoms with Gasteiger partial charge in [-0.2, -0.15) is 0 Å². The number of hydrogen-bond donors (Lipinski definition) is 0. The number of hydrogen-bond acceptors (Lipinski definition) is 2. The molecule has 1 aliphatic rings. The topological polar surface area (TPSA) is 34.1 Å². The van der Waals surface area contributed by atoms with E-state index in [2.05, 4.69) is 0 Å². The first-order chi connectivity index (χ1) is 5.00. The third-order valence-electron chi connectivity index (χ3n) is 1.46. The van der Waals surface area contributed by atoms with E-state index in [0.717, 1.165) is 12.8 Å². The molecule has 0 spiro atoms. The Hall–Kier alpha value is -0.280. The van der Waals surface area contributed by atoms with Crippen LogP contribution in [-0.4, -0.2) is 14.7 Å². The lowest BCUT2D eigenvalue weighted by atomic mass is 10.2. The van der Waals surface area contributed by atoms with Crippen LogP contribution in [0.3, 0.4) is 0 Å². The van der Waals surface area contributed by atoms with Crippen LogP contribution in [0.1, 0.15) is 12.8 Å². The van der Waals surface area contributed by atoms with Gasteiger partial charge in [0.05, 0.1) is 4.91 Å². The molecule has 0 unspecified atom stereocenters. The zero-order valence-electron chi connectivity index (χ0n) is 6.17. The van der Waals surface area contributed by atoms with Crippen LogP contribution in [0.25, 0.3) is 0 Å². The Labute approximate surface area is 71.5 Å². The molecule has 0 aromatic heterocycles. The Morgan fingerprint density at radius 3 is 2.55 bits per heavy atom. The summed E-state index contributed by atoms with van der Waals surface area (Å²) in [4.78, 5) is 0.341. The molecule has 0 bridgehead atoms. The Bertz CT molecular complexity index is 311. The molecular formula is C7H9ClO2S. The van der Waals surface area contributed by atoms with Gasteiger partial charge in [0.2, 0.25) is 0 Å². The summed E-state index contributed by atoms with van der Waals surface area (Å²) in [7, 11) is -3.06. The number of allylic oxidation sites excluding steroid dienone is 3. The Morgan fingerprint density at radius 2 is 2.18 bits per heavy atom. The molecule has 0 atom stereocenters. The molecule has 0 saturated carbocycles. The molecule has 0 aromatic carbocycles. The lowest BCUT2D eigenvalue weighted by molar-refractivity contribution is 0.608. The van der Waals surface area contributed by atoms with E-state index >= 15 is 0 Å². The second kappa shape index (κ2) is 2.99. The largest absolute Gasteiger partial charge is 0.224 e. The third-order valence-corrected chi connectivity index (χ3v) is 2.89. The molecule has 1 aliphatic carbocycles. The van der Waals surface area contributed by atoms with Gasteiger partial charge in [0.15, 0.2) is 9.84 Å². The quantitative estimate of drug-likeness (QED) is 0.635. The molecule has 0 N–H and O–H groups in total. The van der Waals surface area contributed by atoms with Crippen molar-refractivity contribution in [3.05, 3.63) is 22.1 Å². The van der Waals surface area contributed by atoms with Gasteiger partial charge in [-0.3, -0.25) is 0 Å². The second-order valence-corrected chi connectivity index (χ2v) is 5.01. The second-order valence-electron chi connectivity index (χ2n) is 2.51. The fourth-order valence-electron chi connectivity index (χ4n) is 0.896. The first kappa shape index (κ1) is 8.81. The van der Waals surface area contributed by atoms with Crippen LogP contribution in [0.2, 0.25) is 0 Å². The summed E-state index contributed by atoms with van der Waals surface area (Å²) in [6.45, 7) is 0. The molecule has 0 radical (unpaired) electrons. The van der Waals surface area contributed by atoms with Crippen LogP contribution in [0.5, 0.6) is 0 Å². The molecule has 0 heterocycles. The van der Waals surface area contributed by atoms with Crippen LogP contribution < -0.4 is 0 Å². The van der Waals surface area contributed by atoms with E-state index in [1.807, 2.05) is 0 Å². The van der Waals surface area contributed by atoms with Gasteiger partial charge < -0.3 is 0 Å². The van der Waals surface area contributed by atoms with Crippen molar-refractivity contribution in [2.45, 2.75) is 12.8 Å². The van der Waals surface area contributed by atoms with Gasteiger partial charge >= 0.3 is 0 Å². The molecule has 4 heteroatoms. The van der Waals surface area contributed by atoms with E-state index in [1.54, 1.807) is 6.08 Å². The first-order valence-electron chi connectivity index (χ1n) is 3.26. The Kier molecular flexibility index (Phi) is 2.40. The third kappa shape index (κ3) is 2.34. The molecule has 0 saturated heterocycles. The van der Waals surface area contributed by atoms with Gasteiger partial charge in [-0.1, -0.05) is 17.7 Å². The average molecular weight is 193 g/mol. The van der Waals surface area contributed by atoms with Crippen molar-refractivity contribution in [3.63, 3.8) is 0 Å². The van der Waals surface area contributed by atoms with E-state index in [0.29, 0.717) is 9.94 Å². The van der Waals surface area contributed by atoms with Crippen molar-refractivity contribution in [3.8, 4) is 0 Å². The van der Waals surface area contributed by atoms with E-state index in [1.165, 1.54) is 12.3 Å². The number of rotatable bonds is 1. The fraction of sp³-hybridized carbons (Fsp3) is 0.429. The highest BCUT2D eigenvalue weighted by Crippen LogP contribution is 2.22. The molecule has 2 nitrogen and oxygen atoms in total. The molecule has 1 rings (SSSR count). The van der Waals surface area contributed by atoms with E-state index in [9.17, 15) is 8.42 Å². The summed E-state index contributed by atoms with van der Waals surface area (Å²) in [6.07, 6.45) is 5.87. The van der Waals surface area contributed by atoms with E-state index < -0.39 is 9.84 Å². The minimum absolute atomic E-state index is 0.341. The van der Waals surface area contributed by atoms with Crippen molar-refractivity contribution >= 4 is 21.4 Å². The van der Waals surface area contributed by atoms with E-state index in [-0.39, 0.29) is 0 Å². The minimum Gasteiger partial charge on any atom is -0.224 e. The van der Waals surface area contributed by atoms with Crippen LogP contribution in [0, 0.1) is 0 Å². The molecule has 11 heavy (non-hydrogen) atoms. The average Bonchev–Trinajstić information content (AvgIpc) is 1.86. The van der Waals surface area contributed by atoms with Crippen molar-refractivity contribution < 1.29 is 8.42 Å². The summed E-state index contributed by atoms with van der Waals surface area (Å²) in [5.74, 6) is 0. The van der Waals surface area contributed by atoms with Crippen LogP contribution in [0.4, 0.5) is 0 Å². The van der Waals surface area contributed by atoms with Crippen LogP contribution >= 0.6 is 11.6 Å². The molecule has 0 aromatic rings. The molecule has 0 amide bonds. The van der Waals surface area contributed by atoms with Crippen molar-refractivity contribution in [2.24, 2.45) is 0 Å². The zero-order chi connectivity index (χ0) is 8.48. The Morgan fingerprint density at radius 1 is 1.55 bits per heavy atom. The maximum Gasteiger partial charge on any atom is 0.175 e. The number of halogens is 1. The maximum atomic E-state index is 11.0. The van der Waals surface area contributed by atoms with Crippen molar-refractivity contribution in [1.82, 2.24) is 0 Å². The minimum atomic E-state index is -3.06. The highest BCUT2D eigenvalue weighted by Gasteiger charge is 2.12. The van der Waals surface area contributed by atoms with Gasteiger partial charge in [-0.25, -0.2) is 8.42 Å². The van der Waals surface area contributed by atoms with E-state index in [4.69, 9.17) is 11.6 Å². The zero-order valence-corrected chi connectivity index (χ0v) is 7.74.